The maximum Gasteiger partial charge on any atom is 0.123 e. The predicted octanol–water partition coefficient (Wildman–Crippen LogP) is 3.34. The minimum Gasteiger partial charge on any atom is -0.491 e. The fourth-order valence-electron chi connectivity index (χ4n) is 2.14. The lowest BCUT2D eigenvalue weighted by Crippen LogP contribution is -2.31. The molecule has 1 aromatic rings. The van der Waals surface area contributed by atoms with Gasteiger partial charge in [0, 0.05) is 15.9 Å². The van der Waals surface area contributed by atoms with E-state index in [9.17, 15) is 4.39 Å². The monoisotopic (exact) mass is 310 g/mol. The highest BCUT2D eigenvalue weighted by molar-refractivity contribution is 7.09. The Bertz CT molecular complexity index is 481. The van der Waals surface area contributed by atoms with E-state index in [1.54, 1.807) is 12.1 Å². The van der Waals surface area contributed by atoms with Gasteiger partial charge in [0.1, 0.15) is 24.3 Å². The minimum absolute atomic E-state index is 0.0231. The number of hydrogen-bond acceptors (Lipinski definition) is 3. The van der Waals surface area contributed by atoms with Crippen molar-refractivity contribution in [1.29, 1.82) is 0 Å². The first kappa shape index (κ1) is 16.2. The standard InChI is InChI=1S/C16H20FO3P/c17-13-7-9-14(10-8-13)18-12-16-6-3-5-15(20-16)4-1-2-11-19-21/h7-10,15-16H,2-3,5-6,11-12,21H2. The highest BCUT2D eigenvalue weighted by Crippen LogP contribution is 2.20. The van der Waals surface area contributed by atoms with E-state index in [1.807, 2.05) is 0 Å². The van der Waals surface area contributed by atoms with Crippen LogP contribution in [-0.2, 0) is 9.26 Å². The third-order valence-electron chi connectivity index (χ3n) is 3.21. The zero-order valence-electron chi connectivity index (χ0n) is 11.9. The summed E-state index contributed by atoms with van der Waals surface area (Å²) in [5.41, 5.74) is 0. The molecule has 21 heavy (non-hydrogen) atoms. The molecule has 1 fully saturated rings. The molecule has 1 saturated heterocycles. The van der Waals surface area contributed by atoms with Crippen molar-refractivity contribution in [3.05, 3.63) is 30.1 Å². The number of ether oxygens (including phenoxy) is 2. The molecule has 1 heterocycles. The zero-order chi connectivity index (χ0) is 14.9. The molecule has 3 atom stereocenters. The summed E-state index contributed by atoms with van der Waals surface area (Å²) >= 11 is 0. The molecule has 5 heteroatoms. The van der Waals surface area contributed by atoms with Crippen molar-refractivity contribution < 1.29 is 18.4 Å². The van der Waals surface area contributed by atoms with Crippen LogP contribution in [0.15, 0.2) is 24.3 Å². The van der Waals surface area contributed by atoms with E-state index in [0.717, 1.165) is 19.3 Å². The van der Waals surface area contributed by atoms with Gasteiger partial charge < -0.3 is 14.0 Å². The Morgan fingerprint density at radius 3 is 2.86 bits per heavy atom. The van der Waals surface area contributed by atoms with E-state index in [4.69, 9.17) is 14.0 Å². The summed E-state index contributed by atoms with van der Waals surface area (Å²) in [6, 6.07) is 6.02. The van der Waals surface area contributed by atoms with E-state index >= 15 is 0 Å². The van der Waals surface area contributed by atoms with Crippen molar-refractivity contribution in [3.63, 3.8) is 0 Å². The van der Waals surface area contributed by atoms with E-state index in [0.29, 0.717) is 25.4 Å². The predicted molar refractivity (Wildman–Crippen MR) is 82.5 cm³/mol. The topological polar surface area (TPSA) is 27.7 Å². The van der Waals surface area contributed by atoms with Crippen molar-refractivity contribution >= 4 is 9.47 Å². The van der Waals surface area contributed by atoms with Crippen LogP contribution in [0.4, 0.5) is 4.39 Å². The van der Waals surface area contributed by atoms with Crippen LogP contribution in [0, 0.1) is 17.7 Å². The van der Waals surface area contributed by atoms with Crippen molar-refractivity contribution in [2.45, 2.75) is 37.9 Å². The third kappa shape index (κ3) is 6.01. The van der Waals surface area contributed by atoms with Gasteiger partial charge in [-0.1, -0.05) is 11.8 Å². The van der Waals surface area contributed by atoms with Gasteiger partial charge in [-0.3, -0.25) is 0 Å². The van der Waals surface area contributed by atoms with Crippen LogP contribution in [0.5, 0.6) is 5.75 Å². The smallest absolute Gasteiger partial charge is 0.123 e. The van der Waals surface area contributed by atoms with Gasteiger partial charge in [0.2, 0.25) is 0 Å². The molecular formula is C16H20FO3P. The van der Waals surface area contributed by atoms with Gasteiger partial charge in [-0.15, -0.1) is 0 Å². The maximum absolute atomic E-state index is 12.8. The molecule has 0 spiro atoms. The molecule has 0 amide bonds. The number of halogens is 1. The highest BCUT2D eigenvalue weighted by Gasteiger charge is 2.21. The first-order chi connectivity index (χ1) is 10.3. The summed E-state index contributed by atoms with van der Waals surface area (Å²) in [5.74, 6) is 6.58. The zero-order valence-corrected chi connectivity index (χ0v) is 13.0. The molecule has 3 unspecified atom stereocenters. The van der Waals surface area contributed by atoms with Crippen molar-refractivity contribution in [1.82, 2.24) is 0 Å². The van der Waals surface area contributed by atoms with Gasteiger partial charge in [-0.05, 0) is 43.5 Å². The second-order valence-electron chi connectivity index (χ2n) is 4.88. The molecule has 3 nitrogen and oxygen atoms in total. The third-order valence-corrected chi connectivity index (χ3v) is 3.44. The summed E-state index contributed by atoms with van der Waals surface area (Å²) in [4.78, 5) is 0. The molecule has 0 aliphatic carbocycles. The lowest BCUT2D eigenvalue weighted by molar-refractivity contribution is -0.0419. The summed E-state index contributed by atoms with van der Waals surface area (Å²) in [5, 5.41) is 0. The summed E-state index contributed by atoms with van der Waals surface area (Å²) in [6.07, 6.45) is 3.73. The molecule has 1 aliphatic heterocycles. The van der Waals surface area contributed by atoms with E-state index < -0.39 is 0 Å². The van der Waals surface area contributed by atoms with E-state index in [1.165, 1.54) is 12.1 Å². The first-order valence-corrected chi connectivity index (χ1v) is 7.59. The summed E-state index contributed by atoms with van der Waals surface area (Å²) < 4.78 is 29.2. The van der Waals surface area contributed by atoms with Crippen molar-refractivity contribution in [2.75, 3.05) is 13.2 Å². The van der Waals surface area contributed by atoms with Gasteiger partial charge >= 0.3 is 0 Å². The van der Waals surface area contributed by atoms with Crippen LogP contribution in [0.25, 0.3) is 0 Å². The Morgan fingerprint density at radius 2 is 2.10 bits per heavy atom. The lowest BCUT2D eigenvalue weighted by atomic mass is 10.0. The highest BCUT2D eigenvalue weighted by atomic mass is 31.0. The van der Waals surface area contributed by atoms with Crippen molar-refractivity contribution in [3.8, 4) is 17.6 Å². The minimum atomic E-state index is -0.263. The molecule has 1 aromatic carbocycles. The quantitative estimate of drug-likeness (QED) is 0.474. The van der Waals surface area contributed by atoms with Crippen LogP contribution in [0.3, 0.4) is 0 Å². The van der Waals surface area contributed by atoms with Crippen LogP contribution in [0.1, 0.15) is 25.7 Å². The van der Waals surface area contributed by atoms with E-state index in [-0.39, 0.29) is 18.0 Å². The summed E-state index contributed by atoms with van der Waals surface area (Å²) in [7, 11) is 2.21. The molecule has 0 aromatic heterocycles. The fraction of sp³-hybridized carbons (Fsp3) is 0.500. The van der Waals surface area contributed by atoms with Gasteiger partial charge in [-0.2, -0.15) is 0 Å². The van der Waals surface area contributed by atoms with Gasteiger partial charge in [0.05, 0.1) is 12.7 Å². The summed E-state index contributed by atoms with van der Waals surface area (Å²) in [6.45, 7) is 1.08. The fourth-order valence-corrected chi connectivity index (χ4v) is 2.26. The largest absolute Gasteiger partial charge is 0.491 e. The second kappa shape index (κ2) is 9.00. The normalized spacial score (nSPS) is 21.4. The Hall–Kier alpha value is -1.14. The first-order valence-electron chi connectivity index (χ1n) is 7.12. The lowest BCUT2D eigenvalue weighted by Gasteiger charge is -2.27. The average molecular weight is 310 g/mol. The van der Waals surface area contributed by atoms with Gasteiger partial charge in [0.25, 0.3) is 0 Å². The SMILES string of the molecule is Fc1ccc(OCC2CCCC(C#CCCOP)O2)cc1. The number of hydrogen-bond donors (Lipinski definition) is 0. The van der Waals surface area contributed by atoms with Gasteiger partial charge in [-0.25, -0.2) is 4.39 Å². The van der Waals surface area contributed by atoms with Crippen molar-refractivity contribution in [2.24, 2.45) is 0 Å². The molecule has 2 rings (SSSR count). The molecule has 0 saturated carbocycles. The van der Waals surface area contributed by atoms with Crippen LogP contribution in [-0.4, -0.2) is 25.4 Å². The van der Waals surface area contributed by atoms with Crippen LogP contribution < -0.4 is 4.74 Å². The maximum atomic E-state index is 12.8. The molecule has 0 N–H and O–H groups in total. The second-order valence-corrected chi connectivity index (χ2v) is 5.22. The number of rotatable bonds is 5. The molecule has 1 aliphatic rings. The van der Waals surface area contributed by atoms with Crippen LogP contribution >= 0.6 is 9.47 Å². The Balaban J connectivity index is 1.75. The molecule has 0 bridgehead atoms. The Labute approximate surface area is 127 Å². The molecular weight excluding hydrogens is 290 g/mol. The van der Waals surface area contributed by atoms with Gasteiger partial charge in [0.15, 0.2) is 0 Å². The Kier molecular flexibility index (Phi) is 6.95. The van der Waals surface area contributed by atoms with Crippen LogP contribution in [0.2, 0.25) is 0 Å². The number of benzene rings is 1. The average Bonchev–Trinajstić information content (AvgIpc) is 2.52. The molecule has 0 radical (unpaired) electrons. The van der Waals surface area contributed by atoms with E-state index in [2.05, 4.69) is 21.3 Å². The Morgan fingerprint density at radius 1 is 1.29 bits per heavy atom. The molecule has 114 valence electrons.